The lowest BCUT2D eigenvalue weighted by Crippen LogP contribution is -2.23. The topological polar surface area (TPSA) is 63.7 Å². The lowest BCUT2D eigenvalue weighted by molar-refractivity contribution is 0.0735. The first-order valence-corrected chi connectivity index (χ1v) is 11.2. The van der Waals surface area contributed by atoms with Crippen LogP contribution in [-0.4, -0.2) is 14.4 Å². The summed E-state index contributed by atoms with van der Waals surface area (Å²) < 4.78 is 32.2. The number of fused-ring (bicyclic) bond motifs is 2. The van der Waals surface area contributed by atoms with Gasteiger partial charge in [-0.3, -0.25) is 0 Å². The summed E-state index contributed by atoms with van der Waals surface area (Å²) in [5, 5.41) is 0. The monoisotopic (exact) mass is 427 g/mol. The van der Waals surface area contributed by atoms with Crippen molar-refractivity contribution < 1.29 is 17.9 Å². The Morgan fingerprint density at radius 3 is 1.71 bits per heavy atom. The van der Waals surface area contributed by atoms with Crippen molar-refractivity contribution >= 4 is 32.9 Å². The van der Waals surface area contributed by atoms with E-state index in [1.165, 1.54) is 0 Å². The zero-order chi connectivity index (χ0) is 21.4. The molecule has 0 atom stereocenters. The van der Waals surface area contributed by atoms with Crippen LogP contribution >= 0.6 is 0 Å². The van der Waals surface area contributed by atoms with Crippen molar-refractivity contribution in [3.8, 4) is 5.75 Å². The summed E-state index contributed by atoms with van der Waals surface area (Å²) in [7, 11) is -3.67. The van der Waals surface area contributed by atoms with Crippen LogP contribution in [0, 0.1) is 0 Å². The van der Waals surface area contributed by atoms with Gasteiger partial charge in [-0.1, -0.05) is 54.6 Å². The van der Waals surface area contributed by atoms with E-state index in [9.17, 15) is 13.2 Å². The van der Waals surface area contributed by atoms with Crippen LogP contribution in [0.4, 0.5) is 17.1 Å². The van der Waals surface area contributed by atoms with Gasteiger partial charge in [0.05, 0.1) is 32.4 Å². The average molecular weight is 427 g/mol. The number of hydrogen-bond donors (Lipinski definition) is 0. The number of carbonyl (C=O) groups is 1. The Bertz CT molecular complexity index is 1340. The van der Waals surface area contributed by atoms with Crippen LogP contribution in [0.25, 0.3) is 0 Å². The van der Waals surface area contributed by atoms with E-state index in [1.54, 1.807) is 91.0 Å². The minimum absolute atomic E-state index is 0.206. The van der Waals surface area contributed by atoms with Gasteiger partial charge >= 0.3 is 5.97 Å². The molecule has 0 aliphatic carbocycles. The van der Waals surface area contributed by atoms with E-state index in [-0.39, 0.29) is 9.79 Å². The van der Waals surface area contributed by atoms with Crippen molar-refractivity contribution in [1.82, 2.24) is 0 Å². The molecule has 4 aromatic rings. The third-order valence-electron chi connectivity index (χ3n) is 5.11. The number of anilines is 3. The van der Waals surface area contributed by atoms with Crippen molar-refractivity contribution in [2.24, 2.45) is 0 Å². The Morgan fingerprint density at radius 2 is 1.10 bits per heavy atom. The SMILES string of the molecule is O=C(Oc1ccccc1N1c2ccccc2S(=O)(=O)c2ccccc21)c1ccccc1. The highest BCUT2D eigenvalue weighted by Gasteiger charge is 2.35. The van der Waals surface area contributed by atoms with Gasteiger partial charge in [0.1, 0.15) is 0 Å². The van der Waals surface area contributed by atoms with E-state index in [0.29, 0.717) is 28.4 Å². The van der Waals surface area contributed by atoms with Crippen LogP contribution in [0.2, 0.25) is 0 Å². The number of esters is 1. The summed E-state index contributed by atoms with van der Waals surface area (Å²) >= 11 is 0. The summed E-state index contributed by atoms with van der Waals surface area (Å²) in [5.74, 6) is -0.153. The van der Waals surface area contributed by atoms with Crippen LogP contribution < -0.4 is 9.64 Å². The summed E-state index contributed by atoms with van der Waals surface area (Å²) in [6.07, 6.45) is 0. The molecule has 0 spiro atoms. The predicted molar refractivity (Wildman–Crippen MR) is 118 cm³/mol. The Labute approximate surface area is 180 Å². The van der Waals surface area contributed by atoms with E-state index in [4.69, 9.17) is 4.74 Å². The zero-order valence-corrected chi connectivity index (χ0v) is 17.1. The molecule has 0 aromatic heterocycles. The summed E-state index contributed by atoms with van der Waals surface area (Å²) in [6.45, 7) is 0. The largest absolute Gasteiger partial charge is 0.421 e. The molecule has 0 fully saturated rings. The predicted octanol–water partition coefficient (Wildman–Crippen LogP) is 5.52. The number of para-hydroxylation sites is 4. The first kappa shape index (κ1) is 19.1. The third-order valence-corrected chi connectivity index (χ3v) is 6.96. The second-order valence-electron chi connectivity index (χ2n) is 7.00. The van der Waals surface area contributed by atoms with Gasteiger partial charge in [-0.15, -0.1) is 0 Å². The normalized spacial score (nSPS) is 13.7. The van der Waals surface area contributed by atoms with Crippen LogP contribution in [0.15, 0.2) is 113 Å². The molecule has 5 nitrogen and oxygen atoms in total. The molecule has 0 bridgehead atoms. The number of carbonyl (C=O) groups excluding carboxylic acids is 1. The molecule has 0 unspecified atom stereocenters. The zero-order valence-electron chi connectivity index (χ0n) is 16.3. The Kier molecular flexibility index (Phi) is 4.56. The highest BCUT2D eigenvalue weighted by molar-refractivity contribution is 7.92. The second kappa shape index (κ2) is 7.41. The number of nitrogens with zero attached hydrogens (tertiary/aromatic N) is 1. The molecule has 1 heterocycles. The molecule has 0 amide bonds. The molecule has 1 aliphatic rings. The van der Waals surface area contributed by atoms with Crippen molar-refractivity contribution in [2.45, 2.75) is 9.79 Å². The Balaban J connectivity index is 1.68. The van der Waals surface area contributed by atoms with E-state index in [2.05, 4.69) is 0 Å². The van der Waals surface area contributed by atoms with Gasteiger partial charge < -0.3 is 9.64 Å². The molecule has 0 N–H and O–H groups in total. The standard InChI is InChI=1S/C25H17NO4S/c27-25(18-10-2-1-3-11-18)30-22-15-7-4-12-19(22)26-20-13-5-8-16-23(20)31(28,29)24-17-9-6-14-21(24)26/h1-17H. The average Bonchev–Trinajstić information content (AvgIpc) is 2.81. The molecule has 5 rings (SSSR count). The molecular weight excluding hydrogens is 410 g/mol. The molecular formula is C25H17NO4S. The van der Waals surface area contributed by atoms with Crippen LogP contribution in [0.1, 0.15) is 10.4 Å². The van der Waals surface area contributed by atoms with Gasteiger partial charge in [-0.25, -0.2) is 13.2 Å². The van der Waals surface area contributed by atoms with E-state index >= 15 is 0 Å². The number of benzene rings is 4. The van der Waals surface area contributed by atoms with Crippen molar-refractivity contribution in [3.05, 3.63) is 109 Å². The van der Waals surface area contributed by atoms with E-state index in [0.717, 1.165) is 0 Å². The first-order valence-electron chi connectivity index (χ1n) is 9.67. The maximum absolute atomic E-state index is 13.2. The highest BCUT2D eigenvalue weighted by Crippen LogP contribution is 2.49. The maximum Gasteiger partial charge on any atom is 0.343 e. The minimum atomic E-state index is -3.67. The number of ether oxygens (including phenoxy) is 1. The molecule has 4 aromatic carbocycles. The molecule has 6 heteroatoms. The summed E-state index contributed by atoms with van der Waals surface area (Å²) in [6, 6.07) is 29.5. The van der Waals surface area contributed by atoms with Gasteiger partial charge in [0.15, 0.2) is 5.75 Å². The Morgan fingerprint density at radius 1 is 0.613 bits per heavy atom. The van der Waals surface area contributed by atoms with Gasteiger partial charge in [0, 0.05) is 0 Å². The molecule has 0 radical (unpaired) electrons. The van der Waals surface area contributed by atoms with Crippen molar-refractivity contribution in [3.63, 3.8) is 0 Å². The van der Waals surface area contributed by atoms with E-state index < -0.39 is 15.8 Å². The number of hydrogen-bond acceptors (Lipinski definition) is 5. The van der Waals surface area contributed by atoms with Gasteiger partial charge in [0.25, 0.3) is 0 Å². The van der Waals surface area contributed by atoms with Crippen LogP contribution in [0.3, 0.4) is 0 Å². The lowest BCUT2D eigenvalue weighted by Gasteiger charge is -2.33. The van der Waals surface area contributed by atoms with Gasteiger partial charge in [-0.2, -0.15) is 0 Å². The lowest BCUT2D eigenvalue weighted by atomic mass is 10.1. The van der Waals surface area contributed by atoms with Crippen molar-refractivity contribution in [1.29, 1.82) is 0 Å². The smallest absolute Gasteiger partial charge is 0.343 e. The fourth-order valence-electron chi connectivity index (χ4n) is 3.71. The molecule has 152 valence electrons. The molecule has 1 aliphatic heterocycles. The number of rotatable bonds is 3. The van der Waals surface area contributed by atoms with Crippen LogP contribution in [-0.2, 0) is 9.84 Å². The minimum Gasteiger partial charge on any atom is -0.421 e. The first-order chi connectivity index (χ1) is 15.1. The van der Waals surface area contributed by atoms with Gasteiger partial charge in [0.2, 0.25) is 9.84 Å². The maximum atomic E-state index is 13.2. The molecule has 0 saturated heterocycles. The second-order valence-corrected chi connectivity index (χ2v) is 8.88. The van der Waals surface area contributed by atoms with Crippen molar-refractivity contribution in [2.75, 3.05) is 4.90 Å². The fourth-order valence-corrected chi connectivity index (χ4v) is 5.33. The molecule has 0 saturated carbocycles. The van der Waals surface area contributed by atoms with Gasteiger partial charge in [-0.05, 0) is 48.5 Å². The summed E-state index contributed by atoms with van der Waals surface area (Å²) in [4.78, 5) is 14.9. The third kappa shape index (κ3) is 3.17. The summed E-state index contributed by atoms with van der Waals surface area (Å²) in [5.41, 5.74) is 2.01. The van der Waals surface area contributed by atoms with E-state index in [1.807, 2.05) is 17.0 Å². The molecule has 31 heavy (non-hydrogen) atoms. The number of sulfone groups is 1. The highest BCUT2D eigenvalue weighted by atomic mass is 32.2. The quantitative estimate of drug-likeness (QED) is 0.280. The van der Waals surface area contributed by atoms with Crippen LogP contribution in [0.5, 0.6) is 5.75 Å². The fraction of sp³-hybridized carbons (Fsp3) is 0. The Hall–Kier alpha value is -3.90.